The van der Waals surface area contributed by atoms with Crippen LogP contribution in [0.15, 0.2) is 24.3 Å². The van der Waals surface area contributed by atoms with Crippen LogP contribution >= 0.6 is 0 Å². The van der Waals surface area contributed by atoms with E-state index in [-0.39, 0.29) is 0 Å². The van der Waals surface area contributed by atoms with Crippen molar-refractivity contribution in [1.82, 2.24) is 4.57 Å². The van der Waals surface area contributed by atoms with Crippen LogP contribution in [0.2, 0.25) is 0 Å². The van der Waals surface area contributed by atoms with Gasteiger partial charge in [-0.3, -0.25) is 4.57 Å². The van der Waals surface area contributed by atoms with Gasteiger partial charge in [0.1, 0.15) is 5.69 Å². The van der Waals surface area contributed by atoms with Crippen molar-refractivity contribution in [2.75, 3.05) is 0 Å². The van der Waals surface area contributed by atoms with Crippen molar-refractivity contribution in [2.45, 2.75) is 39.3 Å². The zero-order valence-electron chi connectivity index (χ0n) is 13.7. The fourth-order valence-corrected chi connectivity index (χ4v) is 2.48. The highest BCUT2D eigenvalue weighted by molar-refractivity contribution is 5.98. The molecule has 0 radical (unpaired) electrons. The second kappa shape index (κ2) is 3.37. The summed E-state index contributed by atoms with van der Waals surface area (Å²) >= 11 is 0. The second-order valence-electron chi connectivity index (χ2n) is 5.21. The summed E-state index contributed by atoms with van der Waals surface area (Å²) < 4.78 is 29.8. The molecule has 3 nitrogen and oxygen atoms in total. The molecule has 1 unspecified atom stereocenters. The zero-order chi connectivity index (χ0) is 15.6. The highest BCUT2D eigenvalue weighted by Crippen LogP contribution is 2.36. The molecule has 0 saturated heterocycles. The van der Waals surface area contributed by atoms with Crippen molar-refractivity contribution in [2.24, 2.45) is 0 Å². The van der Waals surface area contributed by atoms with E-state index in [9.17, 15) is 4.79 Å². The number of fused-ring (bicyclic) bond motifs is 3. The SMILES string of the molecule is [2H]C([2H])([2H])C1(C)OC(=O)c2cc3cc(C(C)C)ccc3n21. The van der Waals surface area contributed by atoms with Crippen molar-refractivity contribution in [1.29, 1.82) is 0 Å². The standard InChI is InChI=1S/C15H17NO2/c1-9(2)10-5-6-12-11(7-10)8-13-14(17)18-15(3,4)16(12)13/h5-9H,1-4H3/i3D3. The van der Waals surface area contributed by atoms with Gasteiger partial charge in [-0.15, -0.1) is 0 Å². The molecule has 1 aliphatic heterocycles. The van der Waals surface area contributed by atoms with Gasteiger partial charge in [-0.1, -0.05) is 19.9 Å². The average Bonchev–Trinajstić information content (AvgIpc) is 2.86. The molecular weight excluding hydrogens is 226 g/mol. The van der Waals surface area contributed by atoms with E-state index in [1.807, 2.05) is 18.2 Å². The summed E-state index contributed by atoms with van der Waals surface area (Å²) in [6.07, 6.45) is 0. The molecule has 1 aromatic heterocycles. The maximum atomic E-state index is 12.0. The molecule has 1 aromatic carbocycles. The van der Waals surface area contributed by atoms with E-state index in [1.54, 1.807) is 6.07 Å². The normalized spacial score (nSPS) is 25.8. The summed E-state index contributed by atoms with van der Waals surface area (Å²) in [6.45, 7) is 3.18. The number of benzene rings is 1. The monoisotopic (exact) mass is 246 g/mol. The summed E-state index contributed by atoms with van der Waals surface area (Å²) in [5, 5.41) is 0.864. The van der Waals surface area contributed by atoms with Crippen LogP contribution in [-0.4, -0.2) is 10.5 Å². The number of carbonyl (C=O) groups is 1. The highest BCUT2D eigenvalue weighted by Gasteiger charge is 2.38. The van der Waals surface area contributed by atoms with Crippen LogP contribution in [0.25, 0.3) is 10.9 Å². The third kappa shape index (κ3) is 1.40. The number of hydrogen-bond donors (Lipinski definition) is 0. The topological polar surface area (TPSA) is 31.2 Å². The van der Waals surface area contributed by atoms with Crippen molar-refractivity contribution < 1.29 is 13.6 Å². The van der Waals surface area contributed by atoms with Gasteiger partial charge < -0.3 is 4.74 Å². The van der Waals surface area contributed by atoms with Crippen LogP contribution in [0.1, 0.15) is 53.7 Å². The predicted molar refractivity (Wildman–Crippen MR) is 70.8 cm³/mol. The van der Waals surface area contributed by atoms with E-state index in [0.717, 1.165) is 10.9 Å². The molecular formula is C15H17NO2. The van der Waals surface area contributed by atoms with Crippen molar-refractivity contribution in [3.05, 3.63) is 35.5 Å². The Hall–Kier alpha value is -1.77. The van der Waals surface area contributed by atoms with Gasteiger partial charge in [0.05, 0.1) is 5.52 Å². The minimum Gasteiger partial charge on any atom is -0.434 e. The molecule has 2 heterocycles. The Morgan fingerprint density at radius 1 is 1.39 bits per heavy atom. The molecule has 3 rings (SSSR count). The number of esters is 1. The Morgan fingerprint density at radius 2 is 2.17 bits per heavy atom. The highest BCUT2D eigenvalue weighted by atomic mass is 16.6. The summed E-state index contributed by atoms with van der Waals surface area (Å²) in [6, 6.07) is 7.53. The van der Waals surface area contributed by atoms with E-state index in [2.05, 4.69) is 13.8 Å². The maximum Gasteiger partial charge on any atom is 0.357 e. The first-order valence-corrected chi connectivity index (χ1v) is 6.04. The van der Waals surface area contributed by atoms with Crippen LogP contribution in [0.5, 0.6) is 0 Å². The maximum absolute atomic E-state index is 12.0. The first-order chi connectivity index (χ1) is 9.65. The van der Waals surface area contributed by atoms with Crippen LogP contribution in [0, 0.1) is 0 Å². The first-order valence-electron chi connectivity index (χ1n) is 7.54. The summed E-state index contributed by atoms with van der Waals surface area (Å²) in [5.41, 5.74) is 0.500. The number of cyclic esters (lactones) is 1. The Balaban J connectivity index is 2.30. The van der Waals surface area contributed by atoms with Gasteiger partial charge in [0.15, 0.2) is 5.72 Å². The molecule has 2 aromatic rings. The van der Waals surface area contributed by atoms with Crippen LogP contribution < -0.4 is 0 Å². The molecule has 0 saturated carbocycles. The molecule has 3 heteroatoms. The van der Waals surface area contributed by atoms with Gasteiger partial charge >= 0.3 is 5.97 Å². The van der Waals surface area contributed by atoms with E-state index in [4.69, 9.17) is 8.85 Å². The predicted octanol–water partition coefficient (Wildman–Crippen LogP) is 3.63. The van der Waals surface area contributed by atoms with Gasteiger partial charge in [0.25, 0.3) is 0 Å². The van der Waals surface area contributed by atoms with Gasteiger partial charge in [-0.2, -0.15) is 0 Å². The second-order valence-corrected chi connectivity index (χ2v) is 5.21. The van der Waals surface area contributed by atoms with Crippen molar-refractivity contribution >= 4 is 16.9 Å². The number of nitrogens with zero attached hydrogens (tertiary/aromatic N) is 1. The quantitative estimate of drug-likeness (QED) is 0.719. The van der Waals surface area contributed by atoms with Gasteiger partial charge in [-0.25, -0.2) is 4.79 Å². The third-order valence-electron chi connectivity index (χ3n) is 3.42. The molecule has 0 N–H and O–H groups in total. The lowest BCUT2D eigenvalue weighted by molar-refractivity contribution is -0.0163. The number of ether oxygens (including phenoxy) is 1. The fraction of sp³-hybridized carbons (Fsp3) is 0.400. The van der Waals surface area contributed by atoms with Crippen LogP contribution in [0.4, 0.5) is 0 Å². The number of carbonyl (C=O) groups excluding carboxylic acids is 1. The van der Waals surface area contributed by atoms with E-state index in [0.29, 0.717) is 17.1 Å². The summed E-state index contributed by atoms with van der Waals surface area (Å²) in [5.74, 6) is -0.221. The Bertz CT molecular complexity index is 745. The lowest BCUT2D eigenvalue weighted by Gasteiger charge is -2.21. The van der Waals surface area contributed by atoms with Crippen LogP contribution in [-0.2, 0) is 10.5 Å². The number of aromatic nitrogens is 1. The lowest BCUT2D eigenvalue weighted by Crippen LogP contribution is -2.23. The fourth-order valence-electron chi connectivity index (χ4n) is 2.48. The summed E-state index contributed by atoms with van der Waals surface area (Å²) in [4.78, 5) is 12.0. The molecule has 0 fully saturated rings. The van der Waals surface area contributed by atoms with Gasteiger partial charge in [-0.05, 0) is 43.5 Å². The molecule has 1 aliphatic rings. The van der Waals surface area contributed by atoms with Crippen molar-refractivity contribution in [3.63, 3.8) is 0 Å². The minimum absolute atomic E-state index is 0.296. The number of rotatable bonds is 1. The number of hydrogen-bond acceptors (Lipinski definition) is 2. The Labute approximate surface area is 111 Å². The summed E-state index contributed by atoms with van der Waals surface area (Å²) in [7, 11) is 0. The first kappa shape index (κ1) is 8.35. The lowest BCUT2D eigenvalue weighted by atomic mass is 10.0. The molecule has 1 atom stereocenters. The van der Waals surface area contributed by atoms with Gasteiger partial charge in [0, 0.05) is 9.50 Å². The van der Waals surface area contributed by atoms with E-state index in [1.165, 1.54) is 11.5 Å². The van der Waals surface area contributed by atoms with E-state index >= 15 is 0 Å². The molecule has 0 spiro atoms. The Kier molecular flexibility index (Phi) is 1.57. The van der Waals surface area contributed by atoms with E-state index < -0.39 is 18.5 Å². The molecule has 18 heavy (non-hydrogen) atoms. The average molecular weight is 246 g/mol. The van der Waals surface area contributed by atoms with Gasteiger partial charge in [0.2, 0.25) is 0 Å². The zero-order valence-corrected chi connectivity index (χ0v) is 10.7. The third-order valence-corrected chi connectivity index (χ3v) is 3.42. The van der Waals surface area contributed by atoms with Crippen molar-refractivity contribution in [3.8, 4) is 0 Å². The minimum atomic E-state index is -2.43. The molecule has 0 bridgehead atoms. The molecule has 94 valence electrons. The largest absolute Gasteiger partial charge is 0.434 e. The van der Waals surface area contributed by atoms with Crippen LogP contribution in [0.3, 0.4) is 0 Å². The Morgan fingerprint density at radius 3 is 2.83 bits per heavy atom. The molecule has 0 aliphatic carbocycles. The molecule has 0 amide bonds. The smallest absolute Gasteiger partial charge is 0.357 e.